The van der Waals surface area contributed by atoms with Crippen molar-refractivity contribution in [3.05, 3.63) is 71.2 Å². The van der Waals surface area contributed by atoms with Gasteiger partial charge in [0, 0.05) is 42.6 Å². The van der Waals surface area contributed by atoms with Crippen molar-refractivity contribution in [2.45, 2.75) is 64.8 Å². The number of rotatable bonds is 5. The van der Waals surface area contributed by atoms with Crippen molar-refractivity contribution < 1.29 is 4.74 Å². The van der Waals surface area contributed by atoms with Crippen LogP contribution in [0.4, 0.5) is 5.69 Å². The van der Waals surface area contributed by atoms with Gasteiger partial charge in [0.15, 0.2) is 5.11 Å². The fourth-order valence-corrected chi connectivity index (χ4v) is 5.64. The SMILES string of the molecule is Cc1c(-c2ccc(NC(=S)NC(C)C)cc2)nc2n1CCc1ccccc1C2OC1CCN(C)CC1. The molecule has 5 rings (SSSR count). The molecular weight excluding hydrogens is 466 g/mol. The van der Waals surface area contributed by atoms with Crippen LogP contribution in [-0.4, -0.2) is 51.8 Å². The van der Waals surface area contributed by atoms with Gasteiger partial charge in [-0.05, 0) is 82.6 Å². The molecule has 1 aromatic heterocycles. The van der Waals surface area contributed by atoms with E-state index in [2.05, 4.69) is 96.5 Å². The van der Waals surface area contributed by atoms with E-state index in [0.717, 1.165) is 61.7 Å². The molecule has 1 atom stereocenters. The summed E-state index contributed by atoms with van der Waals surface area (Å²) in [6, 6.07) is 17.4. The summed E-state index contributed by atoms with van der Waals surface area (Å²) in [4.78, 5) is 7.62. The van der Waals surface area contributed by atoms with Gasteiger partial charge in [-0.15, -0.1) is 0 Å². The number of piperidine rings is 1. The maximum Gasteiger partial charge on any atom is 0.170 e. The van der Waals surface area contributed by atoms with Crippen molar-refractivity contribution in [2.75, 3.05) is 25.5 Å². The average molecular weight is 504 g/mol. The number of ether oxygens (including phenoxy) is 1. The fourth-order valence-electron chi connectivity index (χ4n) is 5.29. The number of anilines is 1. The minimum atomic E-state index is -0.148. The van der Waals surface area contributed by atoms with Gasteiger partial charge in [-0.25, -0.2) is 4.98 Å². The first-order chi connectivity index (χ1) is 17.4. The topological polar surface area (TPSA) is 54.4 Å². The van der Waals surface area contributed by atoms with Crippen LogP contribution in [0.3, 0.4) is 0 Å². The van der Waals surface area contributed by atoms with E-state index in [1.54, 1.807) is 0 Å². The first-order valence-electron chi connectivity index (χ1n) is 13.1. The second-order valence-corrected chi connectivity index (χ2v) is 10.8. The number of nitrogens with zero attached hydrogens (tertiary/aromatic N) is 3. The Kier molecular flexibility index (Phi) is 7.42. The molecule has 0 amide bonds. The number of imidazole rings is 1. The molecule has 0 aliphatic carbocycles. The highest BCUT2D eigenvalue weighted by Crippen LogP contribution is 2.37. The van der Waals surface area contributed by atoms with E-state index in [-0.39, 0.29) is 12.2 Å². The first kappa shape index (κ1) is 24.9. The van der Waals surface area contributed by atoms with E-state index in [9.17, 15) is 0 Å². The van der Waals surface area contributed by atoms with Crippen LogP contribution in [0.15, 0.2) is 48.5 Å². The van der Waals surface area contributed by atoms with Crippen LogP contribution in [0.2, 0.25) is 0 Å². The summed E-state index contributed by atoms with van der Waals surface area (Å²) in [6.07, 6.45) is 3.20. The summed E-state index contributed by atoms with van der Waals surface area (Å²) in [5.74, 6) is 1.02. The van der Waals surface area contributed by atoms with Gasteiger partial charge in [-0.1, -0.05) is 36.4 Å². The summed E-state index contributed by atoms with van der Waals surface area (Å²) in [5.41, 5.74) is 6.91. The summed E-state index contributed by atoms with van der Waals surface area (Å²) >= 11 is 5.40. The van der Waals surface area contributed by atoms with Crippen LogP contribution in [0.25, 0.3) is 11.3 Å². The predicted molar refractivity (Wildman–Crippen MR) is 150 cm³/mol. The zero-order valence-corrected chi connectivity index (χ0v) is 22.6. The number of fused-ring (bicyclic) bond motifs is 2. The van der Waals surface area contributed by atoms with Crippen LogP contribution in [-0.2, 0) is 17.7 Å². The number of likely N-dealkylation sites (tertiary alicyclic amines) is 1. The van der Waals surface area contributed by atoms with E-state index < -0.39 is 0 Å². The highest BCUT2D eigenvalue weighted by atomic mass is 32.1. The van der Waals surface area contributed by atoms with E-state index in [0.29, 0.717) is 11.2 Å². The molecule has 3 aromatic rings. The molecule has 2 aromatic carbocycles. The quantitative estimate of drug-likeness (QED) is 0.460. The molecule has 2 aliphatic rings. The Balaban J connectivity index is 1.45. The maximum atomic E-state index is 6.87. The van der Waals surface area contributed by atoms with E-state index in [4.69, 9.17) is 21.9 Å². The van der Waals surface area contributed by atoms with Crippen molar-refractivity contribution in [3.8, 4) is 11.3 Å². The van der Waals surface area contributed by atoms with Crippen LogP contribution in [0.1, 0.15) is 55.4 Å². The zero-order valence-electron chi connectivity index (χ0n) is 21.8. The number of thiocarbonyl (C=S) groups is 1. The molecule has 3 heterocycles. The summed E-state index contributed by atoms with van der Waals surface area (Å²) in [7, 11) is 2.19. The molecule has 0 spiro atoms. The largest absolute Gasteiger partial charge is 0.362 e. The molecule has 6 nitrogen and oxygen atoms in total. The molecule has 7 heteroatoms. The van der Waals surface area contributed by atoms with Crippen LogP contribution in [0, 0.1) is 6.92 Å². The third-order valence-corrected chi connectivity index (χ3v) is 7.48. The lowest BCUT2D eigenvalue weighted by molar-refractivity contribution is -0.0276. The molecule has 190 valence electrons. The second-order valence-electron chi connectivity index (χ2n) is 10.4. The first-order valence-corrected chi connectivity index (χ1v) is 13.5. The third kappa shape index (κ3) is 5.33. The molecular formula is C29H37N5OS. The van der Waals surface area contributed by atoms with Gasteiger partial charge in [0.2, 0.25) is 0 Å². The number of benzene rings is 2. The van der Waals surface area contributed by atoms with Gasteiger partial charge in [0.1, 0.15) is 11.9 Å². The lowest BCUT2D eigenvalue weighted by Gasteiger charge is -2.32. The van der Waals surface area contributed by atoms with Crippen molar-refractivity contribution in [2.24, 2.45) is 0 Å². The summed E-state index contributed by atoms with van der Waals surface area (Å²) < 4.78 is 9.25. The smallest absolute Gasteiger partial charge is 0.170 e. The van der Waals surface area contributed by atoms with Gasteiger partial charge in [0.25, 0.3) is 0 Å². The number of hydrogen-bond acceptors (Lipinski definition) is 4. The Morgan fingerprint density at radius 1 is 1.06 bits per heavy atom. The zero-order chi connectivity index (χ0) is 25.2. The monoisotopic (exact) mass is 503 g/mol. The number of aromatic nitrogens is 2. The molecule has 2 aliphatic heterocycles. The Labute approximate surface area is 220 Å². The second kappa shape index (κ2) is 10.7. The fraction of sp³-hybridized carbons (Fsp3) is 0.448. The standard InChI is InChI=1S/C29H37N5OS/c1-19(2)30-29(36)31-23-11-9-22(10-12-23)26-20(3)34-18-13-21-7-5-6-8-25(21)27(28(34)32-26)35-24-14-16-33(4)17-15-24/h5-12,19,24,27H,13-18H2,1-4H3,(H2,30,31,36). The van der Waals surface area contributed by atoms with Crippen molar-refractivity contribution in [1.29, 1.82) is 0 Å². The number of nitrogens with one attached hydrogen (secondary N) is 2. The van der Waals surface area contributed by atoms with Gasteiger partial charge < -0.3 is 24.8 Å². The molecule has 36 heavy (non-hydrogen) atoms. The minimum absolute atomic E-state index is 0.148. The molecule has 1 unspecified atom stereocenters. The van der Waals surface area contributed by atoms with Crippen LogP contribution in [0.5, 0.6) is 0 Å². The number of aryl methyl sites for hydroxylation is 1. The Morgan fingerprint density at radius 3 is 2.50 bits per heavy atom. The predicted octanol–water partition coefficient (Wildman–Crippen LogP) is 5.31. The average Bonchev–Trinajstić information content (AvgIpc) is 3.09. The molecule has 1 fully saturated rings. The number of hydrogen-bond donors (Lipinski definition) is 2. The molecule has 0 saturated carbocycles. The molecule has 0 radical (unpaired) electrons. The lowest BCUT2D eigenvalue weighted by Crippen LogP contribution is -2.35. The van der Waals surface area contributed by atoms with Crippen molar-refractivity contribution in [3.63, 3.8) is 0 Å². The van der Waals surface area contributed by atoms with Gasteiger partial charge in [0.05, 0.1) is 11.8 Å². The van der Waals surface area contributed by atoms with Crippen LogP contribution >= 0.6 is 12.2 Å². The van der Waals surface area contributed by atoms with E-state index in [1.807, 2.05) is 0 Å². The Hall–Kier alpha value is -2.74. The van der Waals surface area contributed by atoms with Crippen molar-refractivity contribution in [1.82, 2.24) is 19.8 Å². The van der Waals surface area contributed by atoms with E-state index in [1.165, 1.54) is 16.8 Å². The van der Waals surface area contributed by atoms with Crippen LogP contribution < -0.4 is 10.6 Å². The maximum absolute atomic E-state index is 6.87. The minimum Gasteiger partial charge on any atom is -0.362 e. The van der Waals surface area contributed by atoms with E-state index >= 15 is 0 Å². The highest BCUT2D eigenvalue weighted by Gasteiger charge is 2.32. The Morgan fingerprint density at radius 2 is 1.78 bits per heavy atom. The van der Waals surface area contributed by atoms with Gasteiger partial charge >= 0.3 is 0 Å². The molecule has 0 bridgehead atoms. The lowest BCUT2D eigenvalue weighted by atomic mass is 10.00. The summed E-state index contributed by atoms with van der Waals surface area (Å²) in [6.45, 7) is 9.40. The molecule has 1 saturated heterocycles. The van der Waals surface area contributed by atoms with Crippen molar-refractivity contribution >= 4 is 23.0 Å². The summed E-state index contributed by atoms with van der Waals surface area (Å²) in [5, 5.41) is 7.12. The third-order valence-electron chi connectivity index (χ3n) is 7.26. The molecule has 2 N–H and O–H groups in total. The van der Waals surface area contributed by atoms with Gasteiger partial charge in [-0.3, -0.25) is 0 Å². The Bertz CT molecular complexity index is 1210. The normalized spacial score (nSPS) is 18.4. The van der Waals surface area contributed by atoms with Gasteiger partial charge in [-0.2, -0.15) is 0 Å². The highest BCUT2D eigenvalue weighted by molar-refractivity contribution is 7.80.